The van der Waals surface area contributed by atoms with E-state index in [4.69, 9.17) is 4.74 Å². The van der Waals surface area contributed by atoms with Gasteiger partial charge < -0.3 is 4.74 Å². The third-order valence-corrected chi connectivity index (χ3v) is 6.82. The van der Waals surface area contributed by atoms with Crippen molar-refractivity contribution in [3.63, 3.8) is 0 Å². The largest absolute Gasteiger partial charge is 0.496 e. The number of benzene rings is 2. The predicted octanol–water partition coefficient (Wildman–Crippen LogP) is 4.80. The number of sulfone groups is 1. The first kappa shape index (κ1) is 17.7. The van der Waals surface area contributed by atoms with E-state index in [-0.39, 0.29) is 0 Å². The van der Waals surface area contributed by atoms with Crippen molar-refractivity contribution in [3.05, 3.63) is 70.1 Å². The molecule has 0 amide bonds. The van der Waals surface area contributed by atoms with E-state index in [0.29, 0.717) is 22.1 Å². The quantitative estimate of drug-likeness (QED) is 0.793. The Labute approximate surface area is 150 Å². The summed E-state index contributed by atoms with van der Waals surface area (Å²) in [5, 5.41) is 0. The maximum atomic E-state index is 13.1. The molecule has 0 heterocycles. The van der Waals surface area contributed by atoms with Crippen molar-refractivity contribution in [1.29, 1.82) is 0 Å². The lowest BCUT2D eigenvalue weighted by atomic mass is 9.87. The minimum absolute atomic E-state index is 0.363. The summed E-state index contributed by atoms with van der Waals surface area (Å²) in [4.78, 5) is 0.859. The van der Waals surface area contributed by atoms with Crippen LogP contribution in [0.5, 0.6) is 5.75 Å². The monoisotopic (exact) mass is 356 g/mol. The molecular formula is C21H24O3S. The number of ether oxygens (including phenoxy) is 1. The summed E-state index contributed by atoms with van der Waals surface area (Å²) in [5.74, 6) is 1.24. The Kier molecular flexibility index (Phi) is 5.00. The van der Waals surface area contributed by atoms with Gasteiger partial charge in [-0.3, -0.25) is 0 Å². The molecule has 0 saturated heterocycles. The average Bonchev–Trinajstić information content (AvgIpc) is 2.60. The third kappa shape index (κ3) is 3.49. The van der Waals surface area contributed by atoms with Gasteiger partial charge >= 0.3 is 0 Å². The van der Waals surface area contributed by atoms with Crippen molar-refractivity contribution in [2.24, 2.45) is 0 Å². The number of methoxy groups -OCH3 is 1. The number of fused-ring (bicyclic) bond motifs is 1. The van der Waals surface area contributed by atoms with Gasteiger partial charge in [-0.2, -0.15) is 0 Å². The third-order valence-electron chi connectivity index (χ3n) is 4.92. The van der Waals surface area contributed by atoms with E-state index in [0.717, 1.165) is 29.7 Å². The van der Waals surface area contributed by atoms with Gasteiger partial charge in [0.05, 0.1) is 12.0 Å². The van der Waals surface area contributed by atoms with Gasteiger partial charge in [-0.15, -0.1) is 0 Å². The van der Waals surface area contributed by atoms with E-state index in [2.05, 4.69) is 19.1 Å². The van der Waals surface area contributed by atoms with Crippen molar-refractivity contribution < 1.29 is 13.2 Å². The molecular weight excluding hydrogens is 332 g/mol. The molecule has 1 atom stereocenters. The molecule has 0 radical (unpaired) electrons. The molecule has 0 spiro atoms. The van der Waals surface area contributed by atoms with Gasteiger partial charge in [0, 0.05) is 11.3 Å². The van der Waals surface area contributed by atoms with Crippen LogP contribution in [0.3, 0.4) is 0 Å². The van der Waals surface area contributed by atoms with Gasteiger partial charge in [0.25, 0.3) is 0 Å². The van der Waals surface area contributed by atoms with Crippen LogP contribution < -0.4 is 4.74 Å². The Balaban J connectivity index is 2.07. The number of aryl methyl sites for hydroxylation is 1. The molecule has 3 rings (SSSR count). The molecule has 0 bridgehead atoms. The van der Waals surface area contributed by atoms with E-state index in [9.17, 15) is 8.42 Å². The molecule has 0 aromatic heterocycles. The van der Waals surface area contributed by atoms with Crippen LogP contribution in [0.2, 0.25) is 0 Å². The molecule has 25 heavy (non-hydrogen) atoms. The van der Waals surface area contributed by atoms with Gasteiger partial charge in [0.1, 0.15) is 5.75 Å². The lowest BCUT2D eigenvalue weighted by molar-refractivity contribution is 0.410. The summed E-state index contributed by atoms with van der Waals surface area (Å²) in [6.07, 6.45) is 4.02. The van der Waals surface area contributed by atoms with E-state index in [1.165, 1.54) is 5.56 Å². The molecule has 1 unspecified atom stereocenters. The molecule has 1 aliphatic carbocycles. The number of rotatable bonds is 3. The van der Waals surface area contributed by atoms with Gasteiger partial charge in [0.2, 0.25) is 9.84 Å². The molecule has 0 N–H and O–H groups in total. The van der Waals surface area contributed by atoms with Crippen LogP contribution in [0.4, 0.5) is 0 Å². The van der Waals surface area contributed by atoms with Crippen LogP contribution in [0.25, 0.3) is 0 Å². The minimum Gasteiger partial charge on any atom is -0.496 e. The first-order valence-electron chi connectivity index (χ1n) is 8.60. The van der Waals surface area contributed by atoms with Crippen LogP contribution in [0, 0.1) is 6.92 Å². The van der Waals surface area contributed by atoms with E-state index in [1.54, 1.807) is 31.4 Å². The first-order valence-corrected chi connectivity index (χ1v) is 10.1. The standard InChI is InChI=1S/C21H24O3S/c1-15-8-7-11-19(25(22,23)18-9-5-4-6-10-18)13-17-12-16(2)21(24-3)14-20(15)17/h4-6,9-12,14-15H,7-8,13H2,1-3H3/b19-11+. The molecule has 0 saturated carbocycles. The van der Waals surface area contributed by atoms with Crippen molar-refractivity contribution in [2.45, 2.75) is 43.9 Å². The summed E-state index contributed by atoms with van der Waals surface area (Å²) in [7, 11) is -1.79. The molecule has 4 heteroatoms. The van der Waals surface area contributed by atoms with E-state index < -0.39 is 9.84 Å². The van der Waals surface area contributed by atoms with Gasteiger partial charge in [-0.05, 0) is 60.6 Å². The molecule has 0 fully saturated rings. The van der Waals surface area contributed by atoms with E-state index >= 15 is 0 Å². The molecule has 1 aliphatic rings. The van der Waals surface area contributed by atoms with Crippen LogP contribution in [-0.2, 0) is 16.3 Å². The highest BCUT2D eigenvalue weighted by Crippen LogP contribution is 2.35. The maximum Gasteiger partial charge on any atom is 0.202 e. The normalized spacial score (nSPS) is 20.0. The summed E-state index contributed by atoms with van der Waals surface area (Å²) in [5.41, 5.74) is 3.30. The highest BCUT2D eigenvalue weighted by molar-refractivity contribution is 7.95. The van der Waals surface area contributed by atoms with Gasteiger partial charge in [-0.1, -0.05) is 37.3 Å². The fraction of sp³-hybridized carbons (Fsp3) is 0.333. The molecule has 2 aromatic carbocycles. The Morgan fingerprint density at radius 3 is 2.52 bits per heavy atom. The second kappa shape index (κ2) is 7.04. The Morgan fingerprint density at radius 2 is 1.84 bits per heavy atom. The summed E-state index contributed by atoms with van der Waals surface area (Å²) in [6.45, 7) is 4.19. The van der Waals surface area contributed by atoms with Crippen LogP contribution in [0.15, 0.2) is 58.3 Å². The predicted molar refractivity (Wildman–Crippen MR) is 101 cm³/mol. The zero-order valence-corrected chi connectivity index (χ0v) is 15.8. The van der Waals surface area contributed by atoms with E-state index in [1.807, 2.05) is 19.1 Å². The molecule has 0 aliphatic heterocycles. The van der Waals surface area contributed by atoms with Crippen molar-refractivity contribution in [2.75, 3.05) is 7.11 Å². The number of hydrogen-bond donors (Lipinski definition) is 0. The fourth-order valence-electron chi connectivity index (χ4n) is 3.46. The highest BCUT2D eigenvalue weighted by atomic mass is 32.2. The zero-order valence-electron chi connectivity index (χ0n) is 15.0. The second-order valence-electron chi connectivity index (χ2n) is 6.66. The average molecular weight is 356 g/mol. The lowest BCUT2D eigenvalue weighted by Crippen LogP contribution is -2.12. The lowest BCUT2D eigenvalue weighted by Gasteiger charge is -2.22. The molecule has 3 nitrogen and oxygen atoms in total. The maximum absolute atomic E-state index is 13.1. The first-order chi connectivity index (χ1) is 11.9. The highest BCUT2D eigenvalue weighted by Gasteiger charge is 2.25. The van der Waals surface area contributed by atoms with Crippen LogP contribution >= 0.6 is 0 Å². The van der Waals surface area contributed by atoms with Crippen molar-refractivity contribution >= 4 is 9.84 Å². The van der Waals surface area contributed by atoms with Crippen LogP contribution in [-0.4, -0.2) is 15.5 Å². The van der Waals surface area contributed by atoms with Crippen LogP contribution in [0.1, 0.15) is 42.4 Å². The van der Waals surface area contributed by atoms with Gasteiger partial charge in [-0.25, -0.2) is 8.42 Å². The Morgan fingerprint density at radius 1 is 1.12 bits per heavy atom. The smallest absolute Gasteiger partial charge is 0.202 e. The molecule has 132 valence electrons. The topological polar surface area (TPSA) is 43.4 Å². The van der Waals surface area contributed by atoms with Gasteiger partial charge in [0.15, 0.2) is 0 Å². The van der Waals surface area contributed by atoms with Crippen molar-refractivity contribution in [3.8, 4) is 5.75 Å². The minimum atomic E-state index is -3.46. The number of allylic oxidation sites excluding steroid dienone is 2. The zero-order chi connectivity index (χ0) is 18.0. The summed E-state index contributed by atoms with van der Waals surface area (Å²) in [6, 6.07) is 12.8. The molecule has 2 aromatic rings. The fourth-order valence-corrected chi connectivity index (χ4v) is 4.96. The second-order valence-corrected chi connectivity index (χ2v) is 8.67. The Hall–Kier alpha value is -2.07. The summed E-state index contributed by atoms with van der Waals surface area (Å²) >= 11 is 0. The summed E-state index contributed by atoms with van der Waals surface area (Å²) < 4.78 is 31.6. The SMILES string of the molecule is COc1cc2c(cc1C)C/C(S(=O)(=O)c1ccccc1)=C\CCC2C. The number of hydrogen-bond acceptors (Lipinski definition) is 3. The van der Waals surface area contributed by atoms with Crippen molar-refractivity contribution in [1.82, 2.24) is 0 Å². The Bertz CT molecular complexity index is 896.